The lowest BCUT2D eigenvalue weighted by molar-refractivity contribution is 0.199. The van der Waals surface area contributed by atoms with Gasteiger partial charge in [0.1, 0.15) is 11.6 Å². The molecule has 2 aromatic carbocycles. The topological polar surface area (TPSA) is 20.2 Å². The van der Waals surface area contributed by atoms with Gasteiger partial charge >= 0.3 is 0 Å². The summed E-state index contributed by atoms with van der Waals surface area (Å²) in [5.74, 6) is -0.998. The van der Waals surface area contributed by atoms with Crippen LogP contribution in [0, 0.1) is 11.6 Å². The zero-order valence-electron chi connectivity index (χ0n) is 10.0. The maximum atomic E-state index is 13.5. The van der Waals surface area contributed by atoms with Crippen molar-refractivity contribution in [3.63, 3.8) is 0 Å². The number of aliphatic hydroxyl groups is 1. The summed E-state index contributed by atoms with van der Waals surface area (Å²) in [5.41, 5.74) is 0.675. The van der Waals surface area contributed by atoms with Gasteiger partial charge < -0.3 is 5.11 Å². The van der Waals surface area contributed by atoms with Crippen LogP contribution in [-0.4, -0.2) is 5.11 Å². The van der Waals surface area contributed by atoms with E-state index in [2.05, 4.69) is 0 Å². The minimum atomic E-state index is -0.623. The van der Waals surface area contributed by atoms with Gasteiger partial charge in [-0.1, -0.05) is 29.4 Å². The summed E-state index contributed by atoms with van der Waals surface area (Å²) >= 11 is 7.11. The molecule has 0 radical (unpaired) electrons. The highest BCUT2D eigenvalue weighted by molar-refractivity contribution is 7.99. The van der Waals surface area contributed by atoms with Crippen molar-refractivity contribution in [2.75, 3.05) is 0 Å². The molecule has 0 unspecified atom stereocenters. The van der Waals surface area contributed by atoms with Crippen LogP contribution in [0.1, 0.15) is 18.6 Å². The number of benzene rings is 2. The minimum Gasteiger partial charge on any atom is -0.389 e. The standard InChI is InChI=1S/C14H11ClF2OS/c1-8(18)9-2-5-13(11(15)6-9)19-14-7-10(16)3-4-12(14)17/h2-8,18H,1H3/t8-/m0/s1. The van der Waals surface area contributed by atoms with Crippen LogP contribution in [0.2, 0.25) is 5.02 Å². The quantitative estimate of drug-likeness (QED) is 0.876. The van der Waals surface area contributed by atoms with Crippen LogP contribution < -0.4 is 0 Å². The first-order valence-electron chi connectivity index (χ1n) is 5.58. The second-order valence-corrected chi connectivity index (χ2v) is 5.53. The smallest absolute Gasteiger partial charge is 0.137 e. The largest absolute Gasteiger partial charge is 0.389 e. The third-order valence-corrected chi connectivity index (χ3v) is 4.08. The van der Waals surface area contributed by atoms with Crippen LogP contribution in [0.15, 0.2) is 46.2 Å². The Labute approximate surface area is 119 Å². The first-order valence-corrected chi connectivity index (χ1v) is 6.77. The lowest BCUT2D eigenvalue weighted by atomic mass is 10.1. The van der Waals surface area contributed by atoms with Gasteiger partial charge in [0, 0.05) is 4.90 Å². The zero-order valence-corrected chi connectivity index (χ0v) is 11.6. The van der Waals surface area contributed by atoms with Crippen molar-refractivity contribution in [3.05, 3.63) is 58.6 Å². The molecule has 19 heavy (non-hydrogen) atoms. The Balaban J connectivity index is 2.31. The number of aliphatic hydroxyl groups excluding tert-OH is 1. The van der Waals surface area contributed by atoms with Crippen molar-refractivity contribution < 1.29 is 13.9 Å². The molecule has 0 amide bonds. The van der Waals surface area contributed by atoms with Crippen LogP contribution in [0.25, 0.3) is 0 Å². The fourth-order valence-corrected chi connectivity index (χ4v) is 2.70. The Morgan fingerprint density at radius 1 is 1.11 bits per heavy atom. The Bertz CT molecular complexity index is 602. The maximum absolute atomic E-state index is 13.5. The molecule has 1 atom stereocenters. The average Bonchev–Trinajstić information content (AvgIpc) is 2.36. The van der Waals surface area contributed by atoms with E-state index >= 15 is 0 Å². The van der Waals surface area contributed by atoms with Crippen molar-refractivity contribution in [2.45, 2.75) is 22.8 Å². The van der Waals surface area contributed by atoms with E-state index in [4.69, 9.17) is 11.6 Å². The Morgan fingerprint density at radius 2 is 1.84 bits per heavy atom. The summed E-state index contributed by atoms with van der Waals surface area (Å²) in [6, 6.07) is 8.27. The number of halogens is 3. The SMILES string of the molecule is C[C@H](O)c1ccc(Sc2cc(F)ccc2F)c(Cl)c1. The van der Waals surface area contributed by atoms with Gasteiger partial charge in [-0.25, -0.2) is 8.78 Å². The molecule has 0 saturated heterocycles. The van der Waals surface area contributed by atoms with E-state index in [1.807, 2.05) is 0 Å². The first-order chi connectivity index (χ1) is 8.97. The summed E-state index contributed by atoms with van der Waals surface area (Å²) in [6.07, 6.45) is -0.623. The summed E-state index contributed by atoms with van der Waals surface area (Å²) in [6.45, 7) is 1.63. The van der Waals surface area contributed by atoms with E-state index in [0.717, 1.165) is 30.0 Å². The van der Waals surface area contributed by atoms with Crippen LogP contribution in [0.4, 0.5) is 8.78 Å². The monoisotopic (exact) mass is 300 g/mol. The average molecular weight is 301 g/mol. The molecule has 0 aliphatic rings. The normalized spacial score (nSPS) is 12.5. The van der Waals surface area contributed by atoms with E-state index in [9.17, 15) is 13.9 Å². The molecule has 1 nitrogen and oxygen atoms in total. The van der Waals surface area contributed by atoms with Crippen molar-refractivity contribution in [2.24, 2.45) is 0 Å². The van der Waals surface area contributed by atoms with E-state index in [1.54, 1.807) is 25.1 Å². The summed E-state index contributed by atoms with van der Waals surface area (Å²) in [5, 5.41) is 9.83. The molecule has 0 bridgehead atoms. The van der Waals surface area contributed by atoms with Crippen LogP contribution in [0.3, 0.4) is 0 Å². The van der Waals surface area contributed by atoms with Gasteiger partial charge in [-0.3, -0.25) is 0 Å². The summed E-state index contributed by atoms with van der Waals surface area (Å²) in [4.78, 5) is 0.780. The Morgan fingerprint density at radius 3 is 2.47 bits per heavy atom. The fraction of sp³-hybridized carbons (Fsp3) is 0.143. The molecule has 0 saturated carbocycles. The van der Waals surface area contributed by atoms with Crippen LogP contribution in [-0.2, 0) is 0 Å². The molecule has 2 rings (SSSR count). The van der Waals surface area contributed by atoms with E-state index in [1.165, 1.54) is 0 Å². The van der Waals surface area contributed by atoms with Gasteiger partial charge in [-0.05, 0) is 42.8 Å². The van der Waals surface area contributed by atoms with Crippen molar-refractivity contribution in [1.82, 2.24) is 0 Å². The molecule has 0 aliphatic heterocycles. The molecule has 0 heterocycles. The molecule has 0 aliphatic carbocycles. The van der Waals surface area contributed by atoms with Gasteiger partial charge in [0.25, 0.3) is 0 Å². The van der Waals surface area contributed by atoms with Gasteiger partial charge in [-0.15, -0.1) is 0 Å². The highest BCUT2D eigenvalue weighted by Gasteiger charge is 2.10. The van der Waals surface area contributed by atoms with Crippen LogP contribution in [0.5, 0.6) is 0 Å². The van der Waals surface area contributed by atoms with E-state index < -0.39 is 17.7 Å². The molecule has 100 valence electrons. The van der Waals surface area contributed by atoms with Gasteiger partial charge in [0.15, 0.2) is 0 Å². The number of hydrogen-bond acceptors (Lipinski definition) is 2. The highest BCUT2D eigenvalue weighted by atomic mass is 35.5. The lowest BCUT2D eigenvalue weighted by Gasteiger charge is -2.09. The number of rotatable bonds is 3. The second kappa shape index (κ2) is 5.90. The molecular formula is C14H11ClF2OS. The molecule has 5 heteroatoms. The summed E-state index contributed by atoms with van der Waals surface area (Å²) < 4.78 is 26.6. The molecule has 2 aromatic rings. The molecule has 0 spiro atoms. The molecular weight excluding hydrogens is 290 g/mol. The van der Waals surface area contributed by atoms with Gasteiger partial charge in [0.2, 0.25) is 0 Å². The Kier molecular flexibility index (Phi) is 4.45. The first kappa shape index (κ1) is 14.3. The van der Waals surface area contributed by atoms with Crippen LogP contribution >= 0.6 is 23.4 Å². The molecule has 0 fully saturated rings. The fourth-order valence-electron chi connectivity index (χ4n) is 1.53. The maximum Gasteiger partial charge on any atom is 0.137 e. The number of hydrogen-bond donors (Lipinski definition) is 1. The summed E-state index contributed by atoms with van der Waals surface area (Å²) in [7, 11) is 0. The molecule has 1 N–H and O–H groups in total. The third kappa shape index (κ3) is 3.47. The predicted molar refractivity (Wildman–Crippen MR) is 72.6 cm³/mol. The van der Waals surface area contributed by atoms with Crippen molar-refractivity contribution in [1.29, 1.82) is 0 Å². The molecule has 0 aromatic heterocycles. The van der Waals surface area contributed by atoms with Crippen molar-refractivity contribution in [3.8, 4) is 0 Å². The van der Waals surface area contributed by atoms with E-state index in [-0.39, 0.29) is 4.90 Å². The zero-order chi connectivity index (χ0) is 14.0. The second-order valence-electron chi connectivity index (χ2n) is 4.04. The van der Waals surface area contributed by atoms with Gasteiger partial charge in [0.05, 0.1) is 16.0 Å². The minimum absolute atomic E-state index is 0.173. The Hall–Kier alpha value is -1.10. The van der Waals surface area contributed by atoms with Gasteiger partial charge in [-0.2, -0.15) is 0 Å². The predicted octanol–water partition coefficient (Wildman–Crippen LogP) is 4.82. The third-order valence-electron chi connectivity index (χ3n) is 2.55. The highest BCUT2D eigenvalue weighted by Crippen LogP contribution is 2.36. The van der Waals surface area contributed by atoms with Crippen molar-refractivity contribution >= 4 is 23.4 Å². The lowest BCUT2D eigenvalue weighted by Crippen LogP contribution is -1.91. The van der Waals surface area contributed by atoms with E-state index in [0.29, 0.717) is 15.5 Å².